The van der Waals surface area contributed by atoms with Crippen LogP contribution in [0.2, 0.25) is 0 Å². The van der Waals surface area contributed by atoms with Crippen LogP contribution in [0.3, 0.4) is 0 Å². The van der Waals surface area contributed by atoms with Gasteiger partial charge in [-0.1, -0.05) is 60.7 Å². The molecule has 1 aliphatic rings. The third-order valence-electron chi connectivity index (χ3n) is 3.69. The van der Waals surface area contributed by atoms with Gasteiger partial charge in [-0.05, 0) is 33.3 Å². The molecule has 0 aromatic heterocycles. The second-order valence-electron chi connectivity index (χ2n) is 6.77. The Balaban J connectivity index is 0.000000167. The highest BCUT2D eigenvalue weighted by molar-refractivity contribution is 6.01. The topological polar surface area (TPSA) is 49.8 Å². The minimum atomic E-state index is -1.28. The fourth-order valence-corrected chi connectivity index (χ4v) is 2.31. The third-order valence-corrected chi connectivity index (χ3v) is 3.69. The maximum atomic E-state index is 11.4. The Morgan fingerprint density at radius 3 is 1.83 bits per heavy atom. The number of benzene rings is 2. The molecule has 3 nitrogen and oxygen atoms in total. The molecule has 23 heavy (non-hydrogen) atoms. The molecule has 1 atom stereocenters. The lowest BCUT2D eigenvalue weighted by atomic mass is 9.97. The molecule has 1 aliphatic heterocycles. The van der Waals surface area contributed by atoms with Gasteiger partial charge in [-0.2, -0.15) is 0 Å². The van der Waals surface area contributed by atoms with E-state index in [2.05, 4.69) is 26.0 Å². The van der Waals surface area contributed by atoms with E-state index in [-0.39, 0.29) is 11.4 Å². The highest BCUT2D eigenvalue weighted by atomic mass is 16.6. The summed E-state index contributed by atoms with van der Waals surface area (Å²) in [5, 5.41) is 9.39. The summed E-state index contributed by atoms with van der Waals surface area (Å²) >= 11 is 0. The summed E-state index contributed by atoms with van der Waals surface area (Å²) in [4.78, 5) is 11.4. The molecule has 2 aromatic carbocycles. The predicted molar refractivity (Wildman–Crippen MR) is 91.4 cm³/mol. The van der Waals surface area contributed by atoms with Crippen LogP contribution in [0.15, 0.2) is 60.7 Å². The van der Waals surface area contributed by atoms with Crippen molar-refractivity contribution >= 4 is 5.78 Å². The predicted octanol–water partition coefficient (Wildman–Crippen LogP) is 4.18. The Labute approximate surface area is 137 Å². The van der Waals surface area contributed by atoms with E-state index in [0.29, 0.717) is 11.7 Å². The van der Waals surface area contributed by atoms with Crippen molar-refractivity contribution in [3.8, 4) is 0 Å². The molecule has 0 radical (unpaired) electrons. The molecule has 0 saturated carbocycles. The quantitative estimate of drug-likeness (QED) is 0.683. The molecule has 0 aliphatic carbocycles. The number of ether oxygens (including phenoxy) is 1. The molecule has 0 bridgehead atoms. The van der Waals surface area contributed by atoms with E-state index < -0.39 is 5.60 Å². The average molecular weight is 312 g/mol. The number of carbonyl (C=O) groups is 1. The highest BCUT2D eigenvalue weighted by Crippen LogP contribution is 2.48. The molecule has 1 saturated heterocycles. The number of ketones is 1. The Bertz CT molecular complexity index is 640. The number of rotatable bonds is 3. The average Bonchev–Trinajstić information content (AvgIpc) is 3.17. The van der Waals surface area contributed by atoms with Gasteiger partial charge in [0.1, 0.15) is 11.7 Å². The van der Waals surface area contributed by atoms with Crippen LogP contribution in [0.5, 0.6) is 0 Å². The molecule has 1 unspecified atom stereocenters. The van der Waals surface area contributed by atoms with Gasteiger partial charge >= 0.3 is 0 Å². The van der Waals surface area contributed by atoms with Crippen LogP contribution in [0.1, 0.15) is 49.7 Å². The maximum Gasteiger partial charge on any atom is 0.193 e. The van der Waals surface area contributed by atoms with Crippen molar-refractivity contribution < 1.29 is 14.6 Å². The van der Waals surface area contributed by atoms with E-state index in [9.17, 15) is 9.90 Å². The number of carbonyl (C=O) groups excluding carboxylic acids is 1. The molecule has 122 valence electrons. The molecule has 0 amide bonds. The fraction of sp³-hybridized carbons (Fsp3) is 0.350. The number of aliphatic hydroxyl groups is 1. The van der Waals surface area contributed by atoms with Crippen LogP contribution in [0.25, 0.3) is 0 Å². The summed E-state index contributed by atoms with van der Waals surface area (Å²) in [6.07, 6.45) is 0.323. The van der Waals surface area contributed by atoms with Crippen LogP contribution in [-0.2, 0) is 4.74 Å². The highest BCUT2D eigenvalue weighted by Gasteiger charge is 2.48. The maximum absolute atomic E-state index is 11.4. The summed E-state index contributed by atoms with van der Waals surface area (Å²) in [6.45, 7) is 7.21. The van der Waals surface area contributed by atoms with E-state index in [1.54, 1.807) is 24.3 Å². The molecule has 1 N–H and O–H groups in total. The van der Waals surface area contributed by atoms with Crippen molar-refractivity contribution in [1.82, 2.24) is 0 Å². The van der Waals surface area contributed by atoms with Crippen LogP contribution >= 0.6 is 0 Å². The molecule has 3 heteroatoms. The van der Waals surface area contributed by atoms with Gasteiger partial charge in [-0.15, -0.1) is 0 Å². The van der Waals surface area contributed by atoms with Crippen molar-refractivity contribution in [2.24, 2.45) is 0 Å². The second kappa shape index (κ2) is 6.65. The van der Waals surface area contributed by atoms with Crippen molar-refractivity contribution in [2.75, 3.05) is 0 Å². The number of hydrogen-bond donors (Lipinski definition) is 1. The van der Waals surface area contributed by atoms with Gasteiger partial charge < -0.3 is 9.84 Å². The number of hydrogen-bond acceptors (Lipinski definition) is 3. The van der Waals surface area contributed by atoms with Crippen molar-refractivity contribution in [2.45, 2.75) is 45.0 Å². The molecular formula is C20H24O3. The standard InChI is InChI=1S/C10H12O2.C10H12O/c1-10(2,12)9(11)8-6-4-3-5-7-8;1-10(2)9(11-10)8-6-4-3-5-7-8/h3-7,12H,1-2H3;3-7,9H,1-2H3. The Hall–Kier alpha value is -1.97. The molecule has 2 aromatic rings. The Morgan fingerprint density at radius 1 is 1.00 bits per heavy atom. The van der Waals surface area contributed by atoms with Crippen LogP contribution in [-0.4, -0.2) is 22.1 Å². The monoisotopic (exact) mass is 312 g/mol. The van der Waals surface area contributed by atoms with Gasteiger partial charge in [0.2, 0.25) is 0 Å². The third kappa shape index (κ3) is 4.75. The first-order valence-electron chi connectivity index (χ1n) is 7.77. The summed E-state index contributed by atoms with van der Waals surface area (Å²) < 4.78 is 5.49. The zero-order chi connectivity index (χ0) is 17.1. The minimum absolute atomic E-state index is 0.0708. The molecule has 1 heterocycles. The molecular weight excluding hydrogens is 288 g/mol. The smallest absolute Gasteiger partial charge is 0.193 e. The Morgan fingerprint density at radius 2 is 1.43 bits per heavy atom. The van der Waals surface area contributed by atoms with Gasteiger partial charge in [0.05, 0.1) is 5.60 Å². The number of epoxide rings is 1. The van der Waals surface area contributed by atoms with Gasteiger partial charge in [0.25, 0.3) is 0 Å². The van der Waals surface area contributed by atoms with Gasteiger partial charge in [-0.3, -0.25) is 4.79 Å². The van der Waals surface area contributed by atoms with Gasteiger partial charge in [0.15, 0.2) is 5.78 Å². The van der Waals surface area contributed by atoms with E-state index in [4.69, 9.17) is 4.74 Å². The summed E-state index contributed by atoms with van der Waals surface area (Å²) in [5.74, 6) is -0.247. The normalized spacial score (nSPS) is 18.6. The molecule has 3 rings (SSSR count). The fourth-order valence-electron chi connectivity index (χ4n) is 2.31. The SMILES string of the molecule is CC(C)(O)C(=O)c1ccccc1.CC1(C)OC1c1ccccc1. The first-order valence-corrected chi connectivity index (χ1v) is 7.77. The first kappa shape index (κ1) is 17.4. The van der Waals surface area contributed by atoms with Crippen LogP contribution in [0.4, 0.5) is 0 Å². The largest absolute Gasteiger partial charge is 0.382 e. The van der Waals surface area contributed by atoms with Crippen LogP contribution in [0, 0.1) is 0 Å². The van der Waals surface area contributed by atoms with Crippen LogP contribution < -0.4 is 0 Å². The van der Waals surface area contributed by atoms with Crippen molar-refractivity contribution in [3.63, 3.8) is 0 Å². The van der Waals surface area contributed by atoms with Gasteiger partial charge in [0, 0.05) is 5.56 Å². The Kier molecular flexibility index (Phi) is 5.03. The lowest BCUT2D eigenvalue weighted by Crippen LogP contribution is -2.30. The van der Waals surface area contributed by atoms with E-state index >= 15 is 0 Å². The molecule has 0 spiro atoms. The lowest BCUT2D eigenvalue weighted by Gasteiger charge is -2.14. The first-order chi connectivity index (χ1) is 10.7. The van der Waals surface area contributed by atoms with E-state index in [1.807, 2.05) is 24.3 Å². The second-order valence-corrected chi connectivity index (χ2v) is 6.77. The van der Waals surface area contributed by atoms with E-state index in [0.717, 1.165) is 0 Å². The lowest BCUT2D eigenvalue weighted by molar-refractivity contribution is 0.0488. The van der Waals surface area contributed by atoms with E-state index in [1.165, 1.54) is 19.4 Å². The molecule has 1 fully saturated rings. The minimum Gasteiger partial charge on any atom is -0.382 e. The summed E-state index contributed by atoms with van der Waals surface area (Å²) in [7, 11) is 0. The van der Waals surface area contributed by atoms with Gasteiger partial charge in [-0.25, -0.2) is 0 Å². The zero-order valence-corrected chi connectivity index (χ0v) is 14.1. The number of Topliss-reactive ketones (excluding diaryl/α,β-unsaturated/α-hetero) is 1. The zero-order valence-electron chi connectivity index (χ0n) is 14.1. The summed E-state index contributed by atoms with van der Waals surface area (Å²) in [5.41, 5.74) is 0.630. The van der Waals surface area contributed by atoms with Crippen molar-refractivity contribution in [1.29, 1.82) is 0 Å². The summed E-state index contributed by atoms with van der Waals surface area (Å²) in [6, 6.07) is 19.1. The van der Waals surface area contributed by atoms with Crippen molar-refractivity contribution in [3.05, 3.63) is 71.8 Å².